The molecule has 2 rings (SSSR count). The molecule has 1 aromatic rings. The van der Waals surface area contributed by atoms with Gasteiger partial charge in [-0.3, -0.25) is 4.79 Å². The quantitative estimate of drug-likeness (QED) is 0.839. The van der Waals surface area contributed by atoms with Crippen LogP contribution in [0.1, 0.15) is 26.2 Å². The van der Waals surface area contributed by atoms with Gasteiger partial charge in [0, 0.05) is 17.1 Å². The number of hydrogen-bond acceptors (Lipinski definition) is 3. The molecule has 0 unspecified atom stereocenters. The van der Waals surface area contributed by atoms with Crippen LogP contribution in [0.15, 0.2) is 40.9 Å². The number of phenols is 1. The Kier molecular flexibility index (Phi) is 4.91. The van der Waals surface area contributed by atoms with Gasteiger partial charge in [-0.05, 0) is 44.4 Å². The molecule has 1 amide bonds. The summed E-state index contributed by atoms with van der Waals surface area (Å²) in [6.07, 6.45) is 5.41. The minimum absolute atomic E-state index is 0.143. The van der Waals surface area contributed by atoms with E-state index < -0.39 is 0 Å². The van der Waals surface area contributed by atoms with E-state index >= 15 is 0 Å². The minimum Gasteiger partial charge on any atom is -0.508 e. The first kappa shape index (κ1) is 14.0. The Morgan fingerprint density at radius 1 is 1.47 bits per heavy atom. The van der Waals surface area contributed by atoms with Crippen molar-refractivity contribution in [3.63, 3.8) is 0 Å². The first-order valence-electron chi connectivity index (χ1n) is 6.62. The van der Waals surface area contributed by atoms with Crippen molar-refractivity contribution in [3.05, 3.63) is 36.0 Å². The molecule has 102 valence electrons. The molecule has 0 fully saturated rings. The third-order valence-electron chi connectivity index (χ3n) is 3.16. The van der Waals surface area contributed by atoms with Crippen molar-refractivity contribution < 1.29 is 9.90 Å². The average molecular weight is 277 g/mol. The third kappa shape index (κ3) is 3.77. The van der Waals surface area contributed by atoms with Crippen LogP contribution in [0.25, 0.3) is 0 Å². The normalized spacial score (nSPS) is 14.3. The lowest BCUT2D eigenvalue weighted by Crippen LogP contribution is -2.31. The second-order valence-electron chi connectivity index (χ2n) is 4.51. The van der Waals surface area contributed by atoms with Gasteiger partial charge in [0.1, 0.15) is 5.75 Å². The lowest BCUT2D eigenvalue weighted by Gasteiger charge is -2.22. The van der Waals surface area contributed by atoms with Crippen molar-refractivity contribution in [2.45, 2.75) is 31.1 Å². The molecule has 0 aromatic heterocycles. The summed E-state index contributed by atoms with van der Waals surface area (Å²) in [6, 6.07) is 7.01. The van der Waals surface area contributed by atoms with Gasteiger partial charge in [0.25, 0.3) is 0 Å². The maximum Gasteiger partial charge on any atom is 0.237 e. The summed E-state index contributed by atoms with van der Waals surface area (Å²) < 4.78 is 0. The fourth-order valence-electron chi connectivity index (χ4n) is 2.23. The van der Waals surface area contributed by atoms with Crippen LogP contribution in [-0.2, 0) is 4.79 Å². The molecule has 0 spiro atoms. The van der Waals surface area contributed by atoms with Crippen LogP contribution in [-0.4, -0.2) is 28.2 Å². The zero-order chi connectivity index (χ0) is 13.7. The van der Waals surface area contributed by atoms with E-state index in [0.29, 0.717) is 5.75 Å². The van der Waals surface area contributed by atoms with Gasteiger partial charge in [0.15, 0.2) is 0 Å². The van der Waals surface area contributed by atoms with Crippen molar-refractivity contribution in [3.8, 4) is 5.75 Å². The molecular formula is C15H19NO2S. The maximum absolute atomic E-state index is 12.2. The number of aromatic hydroxyl groups is 1. The largest absolute Gasteiger partial charge is 0.508 e. The third-order valence-corrected chi connectivity index (χ3v) is 4.14. The van der Waals surface area contributed by atoms with Gasteiger partial charge < -0.3 is 10.0 Å². The lowest BCUT2D eigenvalue weighted by molar-refractivity contribution is -0.126. The highest BCUT2D eigenvalue weighted by Crippen LogP contribution is 2.25. The number of nitrogens with zero attached hydrogens (tertiary/aromatic N) is 1. The summed E-state index contributed by atoms with van der Waals surface area (Å²) >= 11 is 1.47. The van der Waals surface area contributed by atoms with Crippen LogP contribution < -0.4 is 0 Å². The number of allylic oxidation sites excluding steroid dienone is 2. The molecule has 0 saturated heterocycles. The number of rotatable bonds is 5. The number of carbonyl (C=O) groups is 1. The smallest absolute Gasteiger partial charge is 0.237 e. The topological polar surface area (TPSA) is 40.5 Å². The summed E-state index contributed by atoms with van der Waals surface area (Å²) in [5.74, 6) is 0.793. The molecule has 1 aliphatic rings. The monoisotopic (exact) mass is 277 g/mol. The molecule has 1 aromatic carbocycles. The minimum atomic E-state index is 0.143. The number of amides is 1. The lowest BCUT2D eigenvalue weighted by atomic mass is 10.3. The Morgan fingerprint density at radius 3 is 2.95 bits per heavy atom. The van der Waals surface area contributed by atoms with Crippen molar-refractivity contribution in [2.75, 3.05) is 12.3 Å². The van der Waals surface area contributed by atoms with E-state index in [2.05, 4.69) is 6.08 Å². The Morgan fingerprint density at radius 2 is 2.32 bits per heavy atom. The molecule has 0 heterocycles. The van der Waals surface area contributed by atoms with Crippen molar-refractivity contribution in [1.82, 2.24) is 4.90 Å². The summed E-state index contributed by atoms with van der Waals surface area (Å²) in [5, 5.41) is 9.39. The molecule has 4 heteroatoms. The van der Waals surface area contributed by atoms with E-state index in [4.69, 9.17) is 0 Å². The van der Waals surface area contributed by atoms with Gasteiger partial charge in [-0.1, -0.05) is 12.1 Å². The van der Waals surface area contributed by atoms with Gasteiger partial charge in [-0.15, -0.1) is 11.8 Å². The molecule has 0 atom stereocenters. The molecular weight excluding hydrogens is 258 g/mol. The summed E-state index contributed by atoms with van der Waals surface area (Å²) in [6.45, 7) is 2.74. The van der Waals surface area contributed by atoms with Crippen molar-refractivity contribution in [1.29, 1.82) is 0 Å². The van der Waals surface area contributed by atoms with E-state index in [0.717, 1.165) is 30.7 Å². The predicted octanol–water partition coefficient (Wildman–Crippen LogP) is 3.40. The molecule has 1 N–H and O–H groups in total. The van der Waals surface area contributed by atoms with E-state index in [1.807, 2.05) is 17.9 Å². The van der Waals surface area contributed by atoms with E-state index in [1.54, 1.807) is 18.2 Å². The van der Waals surface area contributed by atoms with E-state index in [9.17, 15) is 9.90 Å². The first-order valence-corrected chi connectivity index (χ1v) is 7.60. The molecule has 3 nitrogen and oxygen atoms in total. The summed E-state index contributed by atoms with van der Waals surface area (Å²) in [7, 11) is 0. The number of carbonyl (C=O) groups excluding carboxylic acids is 1. The number of hydrogen-bond donors (Lipinski definition) is 1. The molecule has 0 bridgehead atoms. The zero-order valence-corrected chi connectivity index (χ0v) is 11.9. The Balaban J connectivity index is 1.92. The molecule has 1 aliphatic carbocycles. The Labute approximate surface area is 118 Å². The zero-order valence-electron chi connectivity index (χ0n) is 11.1. The fraction of sp³-hybridized carbons (Fsp3) is 0.400. The van der Waals surface area contributed by atoms with Crippen molar-refractivity contribution in [2.24, 2.45) is 0 Å². The van der Waals surface area contributed by atoms with Crippen LogP contribution in [0, 0.1) is 0 Å². The SMILES string of the molecule is CCN(C(=O)CSc1cccc(O)c1)C1=CCCC1. The molecule has 0 aliphatic heterocycles. The number of benzene rings is 1. The number of phenolic OH excluding ortho intramolecular Hbond substituents is 1. The summed E-state index contributed by atoms with van der Waals surface area (Å²) in [5.41, 5.74) is 1.17. The van der Waals surface area contributed by atoms with Crippen LogP contribution in [0.2, 0.25) is 0 Å². The molecule has 0 saturated carbocycles. The van der Waals surface area contributed by atoms with Gasteiger partial charge in [0.2, 0.25) is 5.91 Å². The van der Waals surface area contributed by atoms with Crippen molar-refractivity contribution >= 4 is 17.7 Å². The standard InChI is InChI=1S/C15H19NO2S/c1-2-16(12-6-3-4-7-12)15(18)11-19-14-9-5-8-13(17)10-14/h5-6,8-10,17H,2-4,7,11H2,1H3. The highest BCUT2D eigenvalue weighted by molar-refractivity contribution is 8.00. The fourth-order valence-corrected chi connectivity index (χ4v) is 3.06. The summed E-state index contributed by atoms with van der Waals surface area (Å²) in [4.78, 5) is 15.0. The highest BCUT2D eigenvalue weighted by Gasteiger charge is 2.18. The van der Waals surface area contributed by atoms with Gasteiger partial charge in [-0.2, -0.15) is 0 Å². The van der Waals surface area contributed by atoms with Gasteiger partial charge in [0.05, 0.1) is 5.75 Å². The van der Waals surface area contributed by atoms with Crippen LogP contribution in [0.5, 0.6) is 5.75 Å². The second-order valence-corrected chi connectivity index (χ2v) is 5.56. The molecule has 0 radical (unpaired) electrons. The highest BCUT2D eigenvalue weighted by atomic mass is 32.2. The van der Waals surface area contributed by atoms with Crippen LogP contribution in [0.3, 0.4) is 0 Å². The number of thioether (sulfide) groups is 1. The maximum atomic E-state index is 12.2. The Hall–Kier alpha value is -1.42. The Bertz CT molecular complexity index is 485. The predicted molar refractivity (Wildman–Crippen MR) is 78.2 cm³/mol. The first-order chi connectivity index (χ1) is 9.20. The van der Waals surface area contributed by atoms with E-state index in [-0.39, 0.29) is 11.7 Å². The van der Waals surface area contributed by atoms with Gasteiger partial charge in [-0.25, -0.2) is 0 Å². The van der Waals surface area contributed by atoms with Gasteiger partial charge >= 0.3 is 0 Å². The van der Waals surface area contributed by atoms with Crippen LogP contribution in [0.4, 0.5) is 0 Å². The second kappa shape index (κ2) is 6.66. The van der Waals surface area contributed by atoms with E-state index in [1.165, 1.54) is 17.5 Å². The average Bonchev–Trinajstić information content (AvgIpc) is 2.91. The molecule has 19 heavy (non-hydrogen) atoms. The van der Waals surface area contributed by atoms with Crippen LogP contribution >= 0.6 is 11.8 Å².